The first-order valence-electron chi connectivity index (χ1n) is 6.57. The van der Waals surface area contributed by atoms with E-state index in [1.807, 2.05) is 0 Å². The number of likely N-dealkylation sites (N-methyl/N-ethyl adjacent to an activating group) is 1. The second-order valence-electron chi connectivity index (χ2n) is 5.56. The van der Waals surface area contributed by atoms with Crippen molar-refractivity contribution in [2.45, 2.75) is 39.8 Å². The van der Waals surface area contributed by atoms with Gasteiger partial charge in [0.05, 0.1) is 0 Å². The highest BCUT2D eigenvalue weighted by Crippen LogP contribution is 2.24. The molecule has 4 heteroatoms. The highest BCUT2D eigenvalue weighted by atomic mass is 79.9. The van der Waals surface area contributed by atoms with E-state index in [4.69, 9.17) is 5.73 Å². The first-order chi connectivity index (χ1) is 8.43. The number of nitrogens with zero attached hydrogens (tertiary/aromatic N) is 1. The summed E-state index contributed by atoms with van der Waals surface area (Å²) in [5.74, 6) is 1.38. The number of thiophene rings is 1. The molecular weight excluding hydrogens is 308 g/mol. The van der Waals surface area contributed by atoms with Crippen molar-refractivity contribution >= 4 is 27.3 Å². The molecule has 104 valence electrons. The van der Waals surface area contributed by atoms with Crippen LogP contribution in [0.3, 0.4) is 0 Å². The third kappa shape index (κ3) is 5.00. The number of nitrogens with two attached hydrogens (primary N) is 1. The van der Waals surface area contributed by atoms with Crippen LogP contribution in [0.25, 0.3) is 0 Å². The van der Waals surface area contributed by atoms with Crippen molar-refractivity contribution in [1.29, 1.82) is 0 Å². The SMILES string of the molecule is CC(C)CC(C)C(CN)N(C)Cc1cc(Br)cs1. The summed E-state index contributed by atoms with van der Waals surface area (Å²) in [6.07, 6.45) is 1.24. The fraction of sp³-hybridized carbons (Fsp3) is 0.714. The van der Waals surface area contributed by atoms with E-state index < -0.39 is 0 Å². The van der Waals surface area contributed by atoms with Crippen molar-refractivity contribution in [3.63, 3.8) is 0 Å². The highest BCUT2D eigenvalue weighted by molar-refractivity contribution is 9.10. The summed E-state index contributed by atoms with van der Waals surface area (Å²) in [4.78, 5) is 3.78. The lowest BCUT2D eigenvalue weighted by Crippen LogP contribution is -2.42. The lowest BCUT2D eigenvalue weighted by molar-refractivity contribution is 0.167. The van der Waals surface area contributed by atoms with Crippen molar-refractivity contribution in [3.05, 3.63) is 20.8 Å². The zero-order valence-electron chi connectivity index (χ0n) is 11.8. The van der Waals surface area contributed by atoms with Crippen LogP contribution in [0.1, 0.15) is 32.1 Å². The fourth-order valence-corrected chi connectivity index (χ4v) is 4.06. The van der Waals surface area contributed by atoms with E-state index in [0.29, 0.717) is 12.0 Å². The van der Waals surface area contributed by atoms with Gasteiger partial charge in [-0.25, -0.2) is 0 Å². The van der Waals surface area contributed by atoms with E-state index in [1.54, 1.807) is 11.3 Å². The summed E-state index contributed by atoms with van der Waals surface area (Å²) >= 11 is 5.31. The predicted molar refractivity (Wildman–Crippen MR) is 84.9 cm³/mol. The van der Waals surface area contributed by atoms with Gasteiger partial charge in [0.1, 0.15) is 0 Å². The van der Waals surface area contributed by atoms with Gasteiger partial charge in [0.2, 0.25) is 0 Å². The molecule has 2 atom stereocenters. The van der Waals surface area contributed by atoms with E-state index >= 15 is 0 Å². The number of hydrogen-bond acceptors (Lipinski definition) is 3. The molecule has 18 heavy (non-hydrogen) atoms. The topological polar surface area (TPSA) is 29.3 Å². The van der Waals surface area contributed by atoms with Crippen LogP contribution in [0.5, 0.6) is 0 Å². The molecule has 0 amide bonds. The van der Waals surface area contributed by atoms with Gasteiger partial charge in [-0.3, -0.25) is 4.90 Å². The average Bonchev–Trinajstić information content (AvgIpc) is 2.63. The van der Waals surface area contributed by atoms with E-state index in [-0.39, 0.29) is 0 Å². The fourth-order valence-electron chi connectivity index (χ4n) is 2.55. The second-order valence-corrected chi connectivity index (χ2v) is 7.47. The lowest BCUT2D eigenvalue weighted by atomic mass is 9.91. The Morgan fingerprint density at radius 3 is 2.50 bits per heavy atom. The van der Waals surface area contributed by atoms with Crippen LogP contribution in [0.15, 0.2) is 15.9 Å². The van der Waals surface area contributed by atoms with Gasteiger partial charge in [-0.05, 0) is 47.3 Å². The van der Waals surface area contributed by atoms with Crippen LogP contribution in [0.2, 0.25) is 0 Å². The van der Waals surface area contributed by atoms with Crippen molar-refractivity contribution in [1.82, 2.24) is 4.90 Å². The van der Waals surface area contributed by atoms with E-state index in [2.05, 4.69) is 60.1 Å². The largest absolute Gasteiger partial charge is 0.329 e. The van der Waals surface area contributed by atoms with Crippen LogP contribution >= 0.6 is 27.3 Å². The molecule has 0 aliphatic rings. The Balaban J connectivity index is 2.58. The lowest BCUT2D eigenvalue weighted by Gasteiger charge is -2.32. The van der Waals surface area contributed by atoms with Gasteiger partial charge in [-0.15, -0.1) is 11.3 Å². The van der Waals surface area contributed by atoms with Crippen LogP contribution in [-0.2, 0) is 6.54 Å². The maximum Gasteiger partial charge on any atom is 0.0328 e. The summed E-state index contributed by atoms with van der Waals surface area (Å²) < 4.78 is 1.18. The third-order valence-electron chi connectivity index (χ3n) is 3.33. The molecule has 1 aromatic rings. The highest BCUT2D eigenvalue weighted by Gasteiger charge is 2.21. The van der Waals surface area contributed by atoms with E-state index in [1.165, 1.54) is 15.8 Å². The molecule has 0 fully saturated rings. The standard InChI is InChI=1S/C14H25BrN2S/c1-10(2)5-11(3)14(7-16)17(4)8-13-6-12(15)9-18-13/h6,9-11,14H,5,7-8,16H2,1-4H3. The van der Waals surface area contributed by atoms with Crippen LogP contribution < -0.4 is 5.73 Å². The Kier molecular flexibility index (Phi) is 6.85. The molecule has 0 aliphatic heterocycles. The number of halogens is 1. The molecule has 0 aliphatic carbocycles. The summed E-state index contributed by atoms with van der Waals surface area (Å²) in [7, 11) is 2.18. The van der Waals surface area contributed by atoms with Gasteiger partial charge in [0.25, 0.3) is 0 Å². The molecular formula is C14H25BrN2S. The van der Waals surface area contributed by atoms with Gasteiger partial charge < -0.3 is 5.73 Å². The minimum absolute atomic E-state index is 0.466. The Hall–Kier alpha value is 0.1000. The molecule has 0 bridgehead atoms. The molecule has 0 radical (unpaired) electrons. The Morgan fingerprint density at radius 2 is 2.06 bits per heavy atom. The normalized spacial score (nSPS) is 15.3. The minimum atomic E-state index is 0.466. The Bertz CT molecular complexity index is 351. The van der Waals surface area contributed by atoms with Crippen LogP contribution in [0, 0.1) is 11.8 Å². The maximum absolute atomic E-state index is 5.96. The smallest absolute Gasteiger partial charge is 0.0328 e. The van der Waals surface area contributed by atoms with Gasteiger partial charge in [-0.2, -0.15) is 0 Å². The second kappa shape index (κ2) is 7.63. The first kappa shape index (κ1) is 16.2. The van der Waals surface area contributed by atoms with Gasteiger partial charge in [0, 0.05) is 33.9 Å². The number of rotatable bonds is 7. The number of hydrogen-bond donors (Lipinski definition) is 1. The molecule has 0 saturated carbocycles. The molecule has 0 aromatic carbocycles. The van der Waals surface area contributed by atoms with Crippen LogP contribution in [0.4, 0.5) is 0 Å². The summed E-state index contributed by atoms with van der Waals surface area (Å²) in [5, 5.41) is 2.14. The predicted octanol–water partition coefficient (Wildman–Crippen LogP) is 3.95. The van der Waals surface area contributed by atoms with Gasteiger partial charge in [-0.1, -0.05) is 20.8 Å². The molecule has 1 heterocycles. The summed E-state index contributed by atoms with van der Waals surface area (Å²) in [6.45, 7) is 8.59. The zero-order chi connectivity index (χ0) is 13.7. The minimum Gasteiger partial charge on any atom is -0.329 e. The van der Waals surface area contributed by atoms with Crippen molar-refractivity contribution in [2.24, 2.45) is 17.6 Å². The van der Waals surface area contributed by atoms with Crippen molar-refractivity contribution < 1.29 is 0 Å². The molecule has 2 nitrogen and oxygen atoms in total. The maximum atomic E-state index is 5.96. The van der Waals surface area contributed by atoms with Crippen molar-refractivity contribution in [3.8, 4) is 0 Å². The van der Waals surface area contributed by atoms with Crippen LogP contribution in [-0.4, -0.2) is 24.5 Å². The summed E-state index contributed by atoms with van der Waals surface area (Å²) in [6, 6.07) is 2.66. The van der Waals surface area contributed by atoms with Gasteiger partial charge in [0.15, 0.2) is 0 Å². The molecule has 2 N–H and O–H groups in total. The molecule has 0 saturated heterocycles. The van der Waals surface area contributed by atoms with Crippen molar-refractivity contribution in [2.75, 3.05) is 13.6 Å². The Morgan fingerprint density at radius 1 is 1.39 bits per heavy atom. The van der Waals surface area contributed by atoms with E-state index in [0.717, 1.165) is 19.0 Å². The molecule has 1 rings (SSSR count). The average molecular weight is 333 g/mol. The monoisotopic (exact) mass is 332 g/mol. The first-order valence-corrected chi connectivity index (χ1v) is 8.24. The molecule has 2 unspecified atom stereocenters. The Labute approximate surface area is 124 Å². The van der Waals surface area contributed by atoms with Gasteiger partial charge >= 0.3 is 0 Å². The van der Waals surface area contributed by atoms with E-state index in [9.17, 15) is 0 Å². The molecule has 0 spiro atoms. The third-order valence-corrected chi connectivity index (χ3v) is 5.02. The zero-order valence-corrected chi connectivity index (χ0v) is 14.2. The summed E-state index contributed by atoms with van der Waals surface area (Å²) in [5.41, 5.74) is 5.96. The quantitative estimate of drug-likeness (QED) is 0.819. The molecule has 1 aromatic heterocycles.